The second-order valence-corrected chi connectivity index (χ2v) is 6.61. The molecule has 0 bridgehead atoms. The molecular formula is C14H19N3O2S. The lowest BCUT2D eigenvalue weighted by Crippen LogP contribution is -2.24. The van der Waals surface area contributed by atoms with E-state index in [1.807, 2.05) is 33.8 Å². The van der Waals surface area contributed by atoms with E-state index in [-0.39, 0.29) is 0 Å². The Morgan fingerprint density at radius 1 is 1.45 bits per heavy atom. The van der Waals surface area contributed by atoms with Crippen molar-refractivity contribution < 1.29 is 9.53 Å². The van der Waals surface area contributed by atoms with E-state index < -0.39 is 11.6 Å². The van der Waals surface area contributed by atoms with Gasteiger partial charge in [-0.25, -0.2) is 9.48 Å². The number of carbonyl (C=O) groups is 1. The van der Waals surface area contributed by atoms with Crippen LogP contribution in [0.2, 0.25) is 0 Å². The first-order valence-electron chi connectivity index (χ1n) is 6.52. The number of ether oxygens (including phenoxy) is 1. The van der Waals surface area contributed by atoms with Gasteiger partial charge in [0.1, 0.15) is 5.60 Å². The summed E-state index contributed by atoms with van der Waals surface area (Å²) in [6.45, 7) is 8.06. The maximum absolute atomic E-state index is 12.0. The van der Waals surface area contributed by atoms with E-state index in [1.54, 1.807) is 16.0 Å². The lowest BCUT2D eigenvalue weighted by Gasteiger charge is -2.18. The van der Waals surface area contributed by atoms with E-state index in [9.17, 15) is 4.79 Å². The third kappa shape index (κ3) is 3.66. The number of nitrogens with zero attached hydrogens (tertiary/aromatic N) is 3. The van der Waals surface area contributed by atoms with E-state index in [0.717, 1.165) is 12.1 Å². The zero-order chi connectivity index (χ0) is 14.8. The highest BCUT2D eigenvalue weighted by Gasteiger charge is 2.23. The Kier molecular flexibility index (Phi) is 4.23. The predicted octanol–water partition coefficient (Wildman–Crippen LogP) is 2.85. The van der Waals surface area contributed by atoms with E-state index in [1.165, 1.54) is 4.88 Å². The van der Waals surface area contributed by atoms with Gasteiger partial charge in [-0.05, 0) is 39.1 Å². The lowest BCUT2D eigenvalue weighted by molar-refractivity contribution is 0.00619. The molecule has 0 aliphatic carbocycles. The number of aryl methyl sites for hydroxylation is 2. The molecule has 2 heterocycles. The number of rotatable bonds is 4. The molecule has 0 unspecified atom stereocenters. The number of hydrogen-bond donors (Lipinski definition) is 0. The molecule has 0 fully saturated rings. The minimum absolute atomic E-state index is 0.297. The molecule has 2 rings (SSSR count). The molecule has 0 saturated heterocycles. The molecule has 0 saturated carbocycles. The molecule has 0 spiro atoms. The maximum atomic E-state index is 12.0. The Balaban J connectivity index is 2.05. The monoisotopic (exact) mass is 293 g/mol. The van der Waals surface area contributed by atoms with Crippen LogP contribution in [0.4, 0.5) is 0 Å². The van der Waals surface area contributed by atoms with Crippen molar-refractivity contribution in [2.75, 3.05) is 0 Å². The minimum Gasteiger partial charge on any atom is -0.455 e. The standard InChI is InChI=1S/C14H19N3O2S/c1-10-12(13(18)19-14(2,3)4)15-16-17(10)8-7-11-6-5-9-20-11/h5-6,9H,7-8H2,1-4H3. The van der Waals surface area contributed by atoms with Crippen LogP contribution in [0.5, 0.6) is 0 Å². The Bertz CT molecular complexity index is 582. The molecule has 20 heavy (non-hydrogen) atoms. The summed E-state index contributed by atoms with van der Waals surface area (Å²) >= 11 is 1.72. The van der Waals surface area contributed by atoms with Crippen molar-refractivity contribution in [3.05, 3.63) is 33.8 Å². The SMILES string of the molecule is Cc1c(C(=O)OC(C)(C)C)nnn1CCc1cccs1. The van der Waals surface area contributed by atoms with Crippen molar-refractivity contribution in [3.63, 3.8) is 0 Å². The zero-order valence-electron chi connectivity index (χ0n) is 12.2. The van der Waals surface area contributed by atoms with Crippen LogP contribution in [0.15, 0.2) is 17.5 Å². The van der Waals surface area contributed by atoms with Gasteiger partial charge in [0.25, 0.3) is 0 Å². The summed E-state index contributed by atoms with van der Waals surface area (Å²) in [5.74, 6) is -0.419. The predicted molar refractivity (Wildman–Crippen MR) is 78.0 cm³/mol. The van der Waals surface area contributed by atoms with Crippen molar-refractivity contribution in [3.8, 4) is 0 Å². The van der Waals surface area contributed by atoms with Crippen LogP contribution in [0.25, 0.3) is 0 Å². The van der Waals surface area contributed by atoms with Crippen LogP contribution in [0, 0.1) is 6.92 Å². The molecular weight excluding hydrogens is 274 g/mol. The summed E-state index contributed by atoms with van der Waals surface area (Å²) in [4.78, 5) is 13.3. The highest BCUT2D eigenvalue weighted by Crippen LogP contribution is 2.14. The first-order valence-corrected chi connectivity index (χ1v) is 7.40. The summed E-state index contributed by atoms with van der Waals surface area (Å²) in [6.07, 6.45) is 0.885. The summed E-state index contributed by atoms with van der Waals surface area (Å²) in [5.41, 5.74) is 0.520. The Morgan fingerprint density at radius 3 is 2.80 bits per heavy atom. The van der Waals surface area contributed by atoms with Crippen LogP contribution in [-0.2, 0) is 17.7 Å². The molecule has 0 radical (unpaired) electrons. The van der Waals surface area contributed by atoms with Gasteiger partial charge >= 0.3 is 5.97 Å². The van der Waals surface area contributed by atoms with Gasteiger partial charge in [0.05, 0.1) is 5.69 Å². The van der Waals surface area contributed by atoms with Gasteiger partial charge in [0.2, 0.25) is 0 Å². The Morgan fingerprint density at radius 2 is 2.20 bits per heavy atom. The van der Waals surface area contributed by atoms with E-state index >= 15 is 0 Å². The van der Waals surface area contributed by atoms with Crippen LogP contribution in [0.3, 0.4) is 0 Å². The molecule has 0 aromatic carbocycles. The van der Waals surface area contributed by atoms with Gasteiger partial charge < -0.3 is 4.74 Å². The van der Waals surface area contributed by atoms with Crippen LogP contribution in [0.1, 0.15) is 41.8 Å². The van der Waals surface area contributed by atoms with Crippen LogP contribution in [-0.4, -0.2) is 26.6 Å². The lowest BCUT2D eigenvalue weighted by atomic mass is 10.2. The van der Waals surface area contributed by atoms with Gasteiger partial charge in [-0.1, -0.05) is 11.3 Å². The number of hydrogen-bond acceptors (Lipinski definition) is 5. The van der Waals surface area contributed by atoms with Crippen LogP contribution < -0.4 is 0 Å². The maximum Gasteiger partial charge on any atom is 0.361 e. The van der Waals surface area contributed by atoms with Crippen molar-refractivity contribution in [2.24, 2.45) is 0 Å². The van der Waals surface area contributed by atoms with E-state index in [0.29, 0.717) is 12.2 Å². The Labute approximate surface area is 122 Å². The van der Waals surface area contributed by atoms with E-state index in [2.05, 4.69) is 21.8 Å². The fourth-order valence-corrected chi connectivity index (χ4v) is 2.46. The molecule has 108 valence electrons. The average molecular weight is 293 g/mol. The normalized spacial score (nSPS) is 11.6. The van der Waals surface area contributed by atoms with Gasteiger partial charge in [-0.3, -0.25) is 0 Å². The summed E-state index contributed by atoms with van der Waals surface area (Å²) in [6, 6.07) is 4.12. The topological polar surface area (TPSA) is 57.0 Å². The zero-order valence-corrected chi connectivity index (χ0v) is 13.0. The fraction of sp³-hybridized carbons (Fsp3) is 0.500. The molecule has 0 N–H and O–H groups in total. The van der Waals surface area contributed by atoms with E-state index in [4.69, 9.17) is 4.74 Å². The summed E-state index contributed by atoms with van der Waals surface area (Å²) in [7, 11) is 0. The molecule has 5 nitrogen and oxygen atoms in total. The van der Waals surface area contributed by atoms with Gasteiger partial charge in [0, 0.05) is 17.8 Å². The van der Waals surface area contributed by atoms with Crippen LogP contribution >= 0.6 is 11.3 Å². The largest absolute Gasteiger partial charge is 0.455 e. The van der Waals surface area contributed by atoms with Gasteiger partial charge in [-0.2, -0.15) is 0 Å². The minimum atomic E-state index is -0.524. The third-order valence-corrected chi connectivity index (χ3v) is 3.66. The average Bonchev–Trinajstić information content (AvgIpc) is 2.93. The molecule has 2 aromatic heterocycles. The summed E-state index contributed by atoms with van der Waals surface area (Å²) < 4.78 is 7.06. The highest BCUT2D eigenvalue weighted by molar-refractivity contribution is 7.09. The first-order chi connectivity index (χ1) is 9.37. The van der Waals surface area contributed by atoms with Crippen molar-refractivity contribution in [1.82, 2.24) is 15.0 Å². The van der Waals surface area contributed by atoms with Crippen molar-refractivity contribution in [1.29, 1.82) is 0 Å². The summed E-state index contributed by atoms with van der Waals surface area (Å²) in [5, 5.41) is 10.0. The Hall–Kier alpha value is -1.69. The van der Waals surface area contributed by atoms with Crippen molar-refractivity contribution in [2.45, 2.75) is 46.3 Å². The molecule has 0 amide bonds. The number of esters is 1. The molecule has 0 atom stereocenters. The number of thiophene rings is 1. The second kappa shape index (κ2) is 5.75. The molecule has 6 heteroatoms. The fourth-order valence-electron chi connectivity index (χ4n) is 1.76. The smallest absolute Gasteiger partial charge is 0.361 e. The molecule has 0 aliphatic rings. The number of aromatic nitrogens is 3. The molecule has 0 aliphatic heterocycles. The third-order valence-electron chi connectivity index (χ3n) is 2.72. The second-order valence-electron chi connectivity index (χ2n) is 5.58. The number of carbonyl (C=O) groups excluding carboxylic acids is 1. The quantitative estimate of drug-likeness (QED) is 0.813. The van der Waals surface area contributed by atoms with Gasteiger partial charge in [-0.15, -0.1) is 16.4 Å². The van der Waals surface area contributed by atoms with Crippen molar-refractivity contribution >= 4 is 17.3 Å². The molecule has 2 aromatic rings. The first kappa shape index (κ1) is 14.7. The van der Waals surface area contributed by atoms with Gasteiger partial charge in [0.15, 0.2) is 5.69 Å². The highest BCUT2D eigenvalue weighted by atomic mass is 32.1.